The van der Waals surface area contributed by atoms with Crippen LogP contribution in [0.3, 0.4) is 0 Å². The molecule has 0 aliphatic heterocycles. The van der Waals surface area contributed by atoms with Crippen LogP contribution < -0.4 is 0 Å². The van der Waals surface area contributed by atoms with E-state index in [0.29, 0.717) is 0 Å². The molecule has 0 fully saturated rings. The zero-order chi connectivity index (χ0) is 28.1. The van der Waals surface area contributed by atoms with Gasteiger partial charge in [-0.25, -0.2) is 4.98 Å². The molecule has 198 valence electrons. The van der Waals surface area contributed by atoms with Gasteiger partial charge in [0.1, 0.15) is 5.65 Å². The molecule has 0 atom stereocenters. The average Bonchev–Trinajstić information content (AvgIpc) is 3.51. The first-order valence-electron chi connectivity index (χ1n) is 14.8. The largest absolute Gasteiger partial charge is 0.306 e. The molecule has 0 unspecified atom stereocenters. The average molecular weight is 545 g/mol. The first-order chi connectivity index (χ1) is 21.3. The van der Waals surface area contributed by atoms with Crippen LogP contribution in [0.15, 0.2) is 146 Å². The Morgan fingerprint density at radius 3 is 1.58 bits per heavy atom. The van der Waals surface area contributed by atoms with E-state index in [1.165, 1.54) is 75.8 Å². The molecule has 0 saturated heterocycles. The van der Waals surface area contributed by atoms with Crippen LogP contribution in [0.2, 0.25) is 0 Å². The van der Waals surface area contributed by atoms with E-state index in [0.717, 1.165) is 16.9 Å². The van der Waals surface area contributed by atoms with Crippen LogP contribution in [0.4, 0.5) is 0 Å². The Balaban J connectivity index is 1.31. The molecule has 0 bridgehead atoms. The molecular weight excluding hydrogens is 520 g/mol. The number of hydrogen-bond donors (Lipinski definition) is 0. The topological polar surface area (TPSA) is 17.3 Å². The molecule has 43 heavy (non-hydrogen) atoms. The van der Waals surface area contributed by atoms with Crippen molar-refractivity contribution in [2.75, 3.05) is 0 Å². The van der Waals surface area contributed by atoms with Crippen LogP contribution in [-0.4, -0.2) is 9.38 Å². The number of hydrogen-bond acceptors (Lipinski definition) is 1. The van der Waals surface area contributed by atoms with Crippen LogP contribution in [-0.2, 0) is 0 Å². The van der Waals surface area contributed by atoms with E-state index < -0.39 is 0 Å². The molecule has 10 aromatic rings. The number of benzene rings is 7. The lowest BCUT2D eigenvalue weighted by atomic mass is 9.86. The van der Waals surface area contributed by atoms with Gasteiger partial charge < -0.3 is 4.40 Å². The van der Waals surface area contributed by atoms with Crippen molar-refractivity contribution in [3.8, 4) is 22.4 Å². The molecule has 2 heterocycles. The molecule has 2 heteroatoms. The molecule has 0 aliphatic carbocycles. The summed E-state index contributed by atoms with van der Waals surface area (Å²) in [7, 11) is 0. The Labute approximate surface area is 247 Å². The molecule has 0 aliphatic rings. The number of nitrogens with zero attached hydrogens (tertiary/aromatic N) is 2. The minimum absolute atomic E-state index is 0.958. The van der Waals surface area contributed by atoms with Crippen molar-refractivity contribution in [2.24, 2.45) is 0 Å². The summed E-state index contributed by atoms with van der Waals surface area (Å²) < 4.78 is 2.07. The van der Waals surface area contributed by atoms with Gasteiger partial charge in [0, 0.05) is 18.0 Å². The van der Waals surface area contributed by atoms with E-state index in [1.807, 2.05) is 24.4 Å². The summed E-state index contributed by atoms with van der Waals surface area (Å²) in [4.78, 5) is 4.83. The molecule has 0 spiro atoms. The maximum Gasteiger partial charge on any atom is 0.137 e. The summed E-state index contributed by atoms with van der Waals surface area (Å²) in [6.45, 7) is 0. The fourth-order valence-corrected chi connectivity index (χ4v) is 7.36. The molecule has 0 radical (unpaired) electrons. The van der Waals surface area contributed by atoms with Crippen molar-refractivity contribution < 1.29 is 0 Å². The van der Waals surface area contributed by atoms with Gasteiger partial charge in [0.05, 0.1) is 5.69 Å². The zero-order valence-electron chi connectivity index (χ0n) is 23.3. The summed E-state index contributed by atoms with van der Waals surface area (Å²) in [5.74, 6) is 0. The Kier molecular flexibility index (Phi) is 4.48. The predicted octanol–water partition coefficient (Wildman–Crippen LogP) is 11.0. The Hall–Kier alpha value is -5.73. The molecule has 10 rings (SSSR count). The molecule has 0 N–H and O–H groups in total. The first-order valence-corrected chi connectivity index (χ1v) is 14.8. The quantitative estimate of drug-likeness (QED) is 0.198. The fourth-order valence-electron chi connectivity index (χ4n) is 7.36. The summed E-state index contributed by atoms with van der Waals surface area (Å²) in [6, 6.07) is 49.2. The zero-order valence-corrected chi connectivity index (χ0v) is 23.3. The Bertz CT molecular complexity index is 2670. The van der Waals surface area contributed by atoms with E-state index in [2.05, 4.69) is 126 Å². The summed E-state index contributed by atoms with van der Waals surface area (Å²) in [6.07, 6.45) is 4.14. The maximum atomic E-state index is 4.83. The van der Waals surface area contributed by atoms with Gasteiger partial charge >= 0.3 is 0 Å². The highest BCUT2D eigenvalue weighted by atomic mass is 15.0. The standard InChI is InChI=1S/C41H24N2/c1-2-21-43-24-36(42-37(43)12-1)26-15-13-25(14-16-26)31-22-30-20-19-29-7-4-10-33-32-9-3-6-27-17-18-28-8-5-11-34(40(28)38(27)32)35(23-31)41(30)39(29)33/h1-24H. The van der Waals surface area contributed by atoms with Crippen molar-refractivity contribution in [1.29, 1.82) is 0 Å². The highest BCUT2D eigenvalue weighted by Gasteiger charge is 2.16. The second-order valence-electron chi connectivity index (χ2n) is 11.6. The van der Waals surface area contributed by atoms with Crippen LogP contribution in [0, 0.1) is 0 Å². The normalized spacial score (nSPS) is 12.2. The third-order valence-electron chi connectivity index (χ3n) is 9.30. The Morgan fingerprint density at radius 1 is 0.395 bits per heavy atom. The number of imidazole rings is 1. The SMILES string of the molecule is c1cc2ccc3cccc4c5cc(-c6ccc(-c7cn8ccccc8n7)cc6)cc6ccc7cccc(c(c1)c2c34)c7c65. The smallest absolute Gasteiger partial charge is 0.137 e. The van der Waals surface area contributed by atoms with Gasteiger partial charge in [-0.2, -0.15) is 0 Å². The lowest BCUT2D eigenvalue weighted by Crippen LogP contribution is -1.89. The minimum Gasteiger partial charge on any atom is -0.306 e. The van der Waals surface area contributed by atoms with Crippen LogP contribution in [0.5, 0.6) is 0 Å². The van der Waals surface area contributed by atoms with E-state index in [1.54, 1.807) is 0 Å². The molecule has 2 aromatic heterocycles. The molecule has 0 saturated carbocycles. The number of aromatic nitrogens is 2. The van der Waals surface area contributed by atoms with Gasteiger partial charge in [0.15, 0.2) is 0 Å². The highest BCUT2D eigenvalue weighted by Crippen LogP contribution is 2.44. The Morgan fingerprint density at radius 2 is 0.953 bits per heavy atom. The second kappa shape index (κ2) is 8.40. The highest BCUT2D eigenvalue weighted by molar-refractivity contribution is 6.37. The lowest BCUT2D eigenvalue weighted by Gasteiger charge is -2.17. The minimum atomic E-state index is 0.958. The van der Waals surface area contributed by atoms with E-state index in [4.69, 9.17) is 4.98 Å². The maximum absolute atomic E-state index is 4.83. The van der Waals surface area contributed by atoms with Crippen molar-refractivity contribution in [3.05, 3.63) is 146 Å². The van der Waals surface area contributed by atoms with Crippen molar-refractivity contribution in [1.82, 2.24) is 9.38 Å². The predicted molar refractivity (Wildman–Crippen MR) is 182 cm³/mol. The molecule has 8 aromatic carbocycles. The number of pyridine rings is 1. The number of fused-ring (bicyclic) bond motifs is 3. The molecule has 0 amide bonds. The van der Waals surface area contributed by atoms with Crippen LogP contribution >= 0.6 is 0 Å². The third kappa shape index (κ3) is 3.21. The second-order valence-corrected chi connectivity index (χ2v) is 11.6. The summed E-state index contributed by atoms with van der Waals surface area (Å²) in [5.41, 5.74) is 5.48. The molecular formula is C41H24N2. The molecule has 2 nitrogen and oxygen atoms in total. The van der Waals surface area contributed by atoms with Gasteiger partial charge in [0.25, 0.3) is 0 Å². The van der Waals surface area contributed by atoms with Crippen molar-refractivity contribution in [2.45, 2.75) is 0 Å². The van der Waals surface area contributed by atoms with Crippen LogP contribution in [0.1, 0.15) is 0 Å². The van der Waals surface area contributed by atoms with Gasteiger partial charge in [-0.15, -0.1) is 0 Å². The van der Waals surface area contributed by atoms with Gasteiger partial charge in [-0.1, -0.05) is 109 Å². The first kappa shape index (κ1) is 22.9. The lowest BCUT2D eigenvalue weighted by molar-refractivity contribution is 1.19. The van der Waals surface area contributed by atoms with Crippen molar-refractivity contribution >= 4 is 70.3 Å². The van der Waals surface area contributed by atoms with Crippen LogP contribution in [0.25, 0.3) is 92.7 Å². The van der Waals surface area contributed by atoms with Gasteiger partial charge in [0.2, 0.25) is 0 Å². The van der Waals surface area contributed by atoms with E-state index in [9.17, 15) is 0 Å². The summed E-state index contributed by atoms with van der Waals surface area (Å²) in [5, 5.41) is 15.7. The van der Waals surface area contributed by atoms with E-state index >= 15 is 0 Å². The van der Waals surface area contributed by atoms with Gasteiger partial charge in [-0.05, 0) is 100 Å². The summed E-state index contributed by atoms with van der Waals surface area (Å²) >= 11 is 0. The van der Waals surface area contributed by atoms with Gasteiger partial charge in [-0.3, -0.25) is 0 Å². The fraction of sp³-hybridized carbons (Fsp3) is 0. The van der Waals surface area contributed by atoms with Crippen molar-refractivity contribution in [3.63, 3.8) is 0 Å². The third-order valence-corrected chi connectivity index (χ3v) is 9.30. The van der Waals surface area contributed by atoms with E-state index in [-0.39, 0.29) is 0 Å². The monoisotopic (exact) mass is 544 g/mol. The number of rotatable bonds is 2.